The predicted molar refractivity (Wildman–Crippen MR) is 333 cm³/mol. The van der Waals surface area contributed by atoms with Crippen molar-refractivity contribution in [3.05, 3.63) is 161 Å². The van der Waals surface area contributed by atoms with E-state index >= 15 is 8.96 Å². The van der Waals surface area contributed by atoms with Crippen LogP contribution in [0.25, 0.3) is 22.3 Å². The molecule has 2 aliphatic rings. The fourth-order valence-electron chi connectivity index (χ4n) is 12.4. The van der Waals surface area contributed by atoms with Gasteiger partial charge >= 0.3 is 7.60 Å². The molecule has 0 aliphatic carbocycles. The highest BCUT2D eigenvalue weighted by Gasteiger charge is 2.56. The van der Waals surface area contributed by atoms with Gasteiger partial charge in [0.15, 0.2) is 46.8 Å². The zero-order valence-corrected chi connectivity index (χ0v) is 53.4. The summed E-state index contributed by atoms with van der Waals surface area (Å²) in [6, 6.07) is 32.7. The van der Waals surface area contributed by atoms with Gasteiger partial charge in [0.2, 0.25) is 20.2 Å². The van der Waals surface area contributed by atoms with E-state index in [1.807, 2.05) is 78.9 Å². The standard InChI is InChI=1S/C63H76FN10O13PSi/c1-36(2)57(76)71-62-70-56-50(59(78)72-62)68-35-74(56)61-53(87-89(37(3)4,38(5)6)39(7)8)51(75)46(84-61)30-31-88(79,82-11)86-52-47(85-60(48(52)64)73-34-67-49-54(65-33-66-55(49)73)69-58(77)40-18-14-12-15-19-40)32-83-63(41-20-16-13-17-21-41,42-22-26-44(80-9)27-23-42)43-24-28-45(81-10)29-25-43/h12-29,33-39,46-48,51-53,60-61,75H,30-32H2,1-11H3,(H,65,66,69,77)(H2,70,71,72,76,78). The van der Waals surface area contributed by atoms with Crippen LogP contribution in [0.3, 0.4) is 0 Å². The first-order valence-electron chi connectivity index (χ1n) is 29.6. The SMILES string of the molecule is COc1ccc(C(OCC2OC(n3cnc4c(NC(=O)c5ccccc5)ncnc43)C(F)C2OP(=O)(CCC2OC(n3cnc4c(=O)[nH]c(NC(=O)C(C)C)nc43)C(O[Si](C(C)C)(C(C)C)C(C)C)C2O)OC)(c2ccccc2)c2ccc(OC)cc2)cc1. The third-order valence-electron chi connectivity index (χ3n) is 16.9. The molecule has 472 valence electrons. The van der Waals surface area contributed by atoms with Crippen LogP contribution in [-0.4, -0.2) is 135 Å². The van der Waals surface area contributed by atoms with Gasteiger partial charge in [-0.2, -0.15) is 4.98 Å². The Morgan fingerprint density at radius 1 is 0.719 bits per heavy atom. The zero-order chi connectivity index (χ0) is 63.5. The fourth-order valence-corrected chi connectivity index (χ4v) is 19.5. The third kappa shape index (κ3) is 12.7. The molecule has 4 N–H and O–H groups in total. The van der Waals surface area contributed by atoms with E-state index in [4.69, 9.17) is 37.2 Å². The summed E-state index contributed by atoms with van der Waals surface area (Å²) in [7, 11) is -2.99. The van der Waals surface area contributed by atoms with Gasteiger partial charge in [-0.3, -0.25) is 42.9 Å². The number of aromatic amines is 1. The predicted octanol–water partition coefficient (Wildman–Crippen LogP) is 10.5. The Morgan fingerprint density at radius 2 is 1.28 bits per heavy atom. The molecule has 8 aromatic rings. The topological polar surface area (TPSA) is 277 Å². The van der Waals surface area contributed by atoms with Gasteiger partial charge in [0, 0.05) is 18.6 Å². The van der Waals surface area contributed by atoms with Gasteiger partial charge in [-0.1, -0.05) is 128 Å². The normalized spacial score (nSPS) is 21.3. The van der Waals surface area contributed by atoms with Gasteiger partial charge < -0.3 is 43.1 Å². The lowest BCUT2D eigenvalue weighted by Gasteiger charge is -2.45. The summed E-state index contributed by atoms with van der Waals surface area (Å²) in [5.74, 6) is -0.160. The smallest absolute Gasteiger partial charge is 0.330 e. The molecule has 0 saturated carbocycles. The number of aliphatic hydroxyl groups is 1. The maximum atomic E-state index is 18.2. The maximum Gasteiger partial charge on any atom is 0.330 e. The number of rotatable bonds is 25. The molecule has 6 heterocycles. The number of carbonyl (C=O) groups is 2. The van der Waals surface area contributed by atoms with Crippen molar-refractivity contribution in [3.8, 4) is 11.5 Å². The number of aromatic nitrogens is 8. The molecule has 89 heavy (non-hydrogen) atoms. The molecule has 10 rings (SSSR count). The van der Waals surface area contributed by atoms with Crippen LogP contribution in [0.2, 0.25) is 16.6 Å². The highest BCUT2D eigenvalue weighted by Crippen LogP contribution is 2.55. The first kappa shape index (κ1) is 64.4. The molecule has 26 heteroatoms. The van der Waals surface area contributed by atoms with Crippen LogP contribution in [0.15, 0.2) is 133 Å². The van der Waals surface area contributed by atoms with Crippen LogP contribution in [0.1, 0.15) is 101 Å². The van der Waals surface area contributed by atoms with E-state index in [9.17, 15) is 19.5 Å². The van der Waals surface area contributed by atoms with E-state index in [1.165, 1.54) is 35.2 Å². The van der Waals surface area contributed by atoms with E-state index < -0.39 is 101 Å². The third-order valence-corrected chi connectivity index (χ3v) is 24.9. The number of aliphatic hydroxyl groups excluding tert-OH is 1. The molecule has 0 spiro atoms. The van der Waals surface area contributed by atoms with Crippen LogP contribution in [0.4, 0.5) is 16.2 Å². The lowest BCUT2D eigenvalue weighted by atomic mass is 9.80. The number of hydrogen-bond donors (Lipinski definition) is 4. The van der Waals surface area contributed by atoms with Crippen LogP contribution < -0.4 is 25.7 Å². The number of benzene rings is 4. The van der Waals surface area contributed by atoms with Crippen molar-refractivity contribution in [1.29, 1.82) is 0 Å². The Morgan fingerprint density at radius 3 is 1.85 bits per heavy atom. The second kappa shape index (κ2) is 26.9. The number of nitrogens with zero attached hydrogens (tertiary/aromatic N) is 7. The Labute approximate surface area is 515 Å². The zero-order valence-electron chi connectivity index (χ0n) is 51.5. The molecule has 2 amide bonds. The molecule has 23 nitrogen and oxygen atoms in total. The Balaban J connectivity index is 1.01. The average molecular weight is 1260 g/mol. The number of alkyl halides is 1. The van der Waals surface area contributed by atoms with Crippen LogP contribution in [0.5, 0.6) is 11.5 Å². The minimum atomic E-state index is -4.47. The van der Waals surface area contributed by atoms with Crippen LogP contribution in [-0.2, 0) is 42.6 Å². The molecule has 9 unspecified atom stereocenters. The van der Waals surface area contributed by atoms with E-state index in [2.05, 4.69) is 82.1 Å². The van der Waals surface area contributed by atoms with Crippen molar-refractivity contribution < 1.29 is 60.8 Å². The monoisotopic (exact) mass is 1260 g/mol. The minimum Gasteiger partial charge on any atom is -0.497 e. The Hall–Kier alpha value is -7.58. The summed E-state index contributed by atoms with van der Waals surface area (Å²) in [6.07, 6.45) is -8.19. The Bertz CT molecular complexity index is 3790. The second-order valence-corrected chi connectivity index (χ2v) is 31.1. The molecule has 2 fully saturated rings. The number of methoxy groups -OCH3 is 2. The molecule has 9 atom stereocenters. The molecule has 0 radical (unpaired) electrons. The van der Waals surface area contributed by atoms with E-state index in [0.29, 0.717) is 33.8 Å². The second-order valence-electron chi connectivity index (χ2n) is 23.4. The highest BCUT2D eigenvalue weighted by atomic mass is 31.2. The van der Waals surface area contributed by atoms with Crippen molar-refractivity contribution in [2.45, 2.75) is 133 Å². The number of imidazole rings is 2. The summed E-state index contributed by atoms with van der Waals surface area (Å²) in [5.41, 5.74) is 0.724. The highest BCUT2D eigenvalue weighted by molar-refractivity contribution is 7.53. The largest absolute Gasteiger partial charge is 0.497 e. The number of hydrogen-bond acceptors (Lipinski definition) is 18. The maximum absolute atomic E-state index is 18.2. The minimum absolute atomic E-state index is 0.0506. The Kier molecular flexibility index (Phi) is 19.4. The van der Waals surface area contributed by atoms with Crippen molar-refractivity contribution in [2.24, 2.45) is 5.92 Å². The molecule has 2 aliphatic heterocycles. The van der Waals surface area contributed by atoms with Crippen LogP contribution >= 0.6 is 7.60 Å². The summed E-state index contributed by atoms with van der Waals surface area (Å²) >= 11 is 0. The van der Waals surface area contributed by atoms with Crippen molar-refractivity contribution in [3.63, 3.8) is 0 Å². The molecule has 0 bridgehead atoms. The number of amides is 2. The molecule has 4 aromatic carbocycles. The van der Waals surface area contributed by atoms with E-state index in [0.717, 1.165) is 0 Å². The van der Waals surface area contributed by atoms with Crippen molar-refractivity contribution >= 4 is 61.8 Å². The van der Waals surface area contributed by atoms with Gasteiger partial charge in [0.05, 0.1) is 45.7 Å². The summed E-state index contributed by atoms with van der Waals surface area (Å²) < 4.78 is 88.3. The molecule has 4 aromatic heterocycles. The van der Waals surface area contributed by atoms with Crippen LogP contribution in [0, 0.1) is 5.92 Å². The number of ether oxygens (including phenoxy) is 5. The van der Waals surface area contributed by atoms with Gasteiger partial charge in [0.25, 0.3) is 11.5 Å². The first-order chi connectivity index (χ1) is 42.7. The number of carbonyl (C=O) groups excluding carboxylic acids is 2. The molecular formula is C63H76FN10O13PSi. The van der Waals surface area contributed by atoms with Crippen molar-refractivity contribution in [1.82, 2.24) is 39.0 Å². The summed E-state index contributed by atoms with van der Waals surface area (Å²) in [5, 5.41) is 18.1. The summed E-state index contributed by atoms with van der Waals surface area (Å²) in [6.45, 7) is 15.6. The fraction of sp³-hybridized carbons (Fsp3) is 0.429. The van der Waals surface area contributed by atoms with E-state index in [1.54, 1.807) is 58.4 Å². The number of nitrogens with one attached hydrogen (secondary N) is 3. The number of fused-ring (bicyclic) bond motifs is 2. The van der Waals surface area contributed by atoms with Gasteiger partial charge in [-0.15, -0.1) is 0 Å². The molecular weight excluding hydrogens is 1180 g/mol. The van der Waals surface area contributed by atoms with E-state index in [-0.39, 0.29) is 63.0 Å². The lowest BCUT2D eigenvalue weighted by Crippen LogP contribution is -2.53. The number of halogens is 1. The van der Waals surface area contributed by atoms with Gasteiger partial charge in [-0.25, -0.2) is 24.3 Å². The number of H-pyrrole nitrogens is 1. The molecule has 2 saturated heterocycles. The van der Waals surface area contributed by atoms with Gasteiger partial charge in [-0.05, 0) is 76.1 Å². The van der Waals surface area contributed by atoms with Crippen molar-refractivity contribution in [2.75, 3.05) is 44.7 Å². The average Bonchev–Trinajstić information content (AvgIpc) is 1.84. The number of anilines is 2. The summed E-state index contributed by atoms with van der Waals surface area (Å²) in [4.78, 5) is 64.7. The van der Waals surface area contributed by atoms with Gasteiger partial charge in [0.1, 0.15) is 47.8 Å². The first-order valence-corrected chi connectivity index (χ1v) is 33.5. The quantitative estimate of drug-likeness (QED) is 0.0235. The lowest BCUT2D eigenvalue weighted by molar-refractivity contribution is -0.118.